The van der Waals surface area contributed by atoms with Gasteiger partial charge in [0.15, 0.2) is 0 Å². The molecule has 0 amide bonds. The molecule has 0 spiro atoms. The second-order valence-electron chi connectivity index (χ2n) is 5.99. The maximum atomic E-state index is 13.3. The summed E-state index contributed by atoms with van der Waals surface area (Å²) in [5.74, 6) is -0.937. The molecule has 0 fully saturated rings. The topological polar surface area (TPSA) is 62.6 Å². The number of rotatable bonds is 7. The number of halogens is 6. The minimum atomic E-state index is -4.70. The first-order valence-electron chi connectivity index (χ1n) is 8.27. The number of hydrogen-bond acceptors (Lipinski definition) is 4. The first-order chi connectivity index (χ1) is 13.8. The Kier molecular flexibility index (Phi) is 7.06. The van der Waals surface area contributed by atoms with Crippen molar-refractivity contribution < 1.29 is 40.0 Å². The van der Waals surface area contributed by atoms with Crippen LogP contribution in [-0.2, 0) is 16.9 Å². The molecular weight excluding hydrogens is 437 g/mol. The van der Waals surface area contributed by atoms with Gasteiger partial charge in [-0.25, -0.2) is 4.57 Å². The van der Waals surface area contributed by atoms with Gasteiger partial charge in [0, 0.05) is 13.0 Å². The Hall–Kier alpha value is -2.70. The lowest BCUT2D eigenvalue weighted by molar-refractivity contribution is -0.138. The SMILES string of the molecule is CN(CCC#N)P(=O)(Oc1cccc(C(F)(F)F)c1)Oc1cccc(C(F)(F)F)c1. The van der Waals surface area contributed by atoms with Gasteiger partial charge in [0.25, 0.3) is 0 Å². The minimum absolute atomic E-state index is 0.140. The summed E-state index contributed by atoms with van der Waals surface area (Å²) in [5, 5.41) is 8.71. The number of nitrogens with zero attached hydrogens (tertiary/aromatic N) is 2. The molecule has 162 valence electrons. The van der Waals surface area contributed by atoms with Gasteiger partial charge in [-0.2, -0.15) is 36.3 Å². The standard InChI is InChI=1S/C18H15F6N2O3P/c1-26(10-4-9-25)30(27,28-15-7-2-5-13(11-15)17(19,20)21)29-16-8-3-6-14(12-16)18(22,23)24/h2-3,5-8,11-12H,4,10H2,1H3. The van der Waals surface area contributed by atoms with Crippen LogP contribution in [0, 0.1) is 11.3 Å². The van der Waals surface area contributed by atoms with Crippen LogP contribution in [0.25, 0.3) is 0 Å². The van der Waals surface area contributed by atoms with Crippen LogP contribution < -0.4 is 9.05 Å². The third-order valence-electron chi connectivity index (χ3n) is 3.73. The molecular formula is C18H15F6N2O3P. The highest BCUT2D eigenvalue weighted by atomic mass is 31.2. The number of hydrogen-bond donors (Lipinski definition) is 0. The van der Waals surface area contributed by atoms with E-state index in [9.17, 15) is 30.9 Å². The average Bonchev–Trinajstić information content (AvgIpc) is 2.65. The fraction of sp³-hybridized carbons (Fsp3) is 0.278. The molecule has 2 rings (SSSR count). The third kappa shape index (κ3) is 6.15. The third-order valence-corrected chi connectivity index (χ3v) is 5.65. The molecule has 0 saturated carbocycles. The lowest BCUT2D eigenvalue weighted by Crippen LogP contribution is -2.23. The second kappa shape index (κ2) is 8.98. The average molecular weight is 452 g/mol. The van der Waals surface area contributed by atoms with Crippen molar-refractivity contribution in [3.8, 4) is 17.6 Å². The summed E-state index contributed by atoms with van der Waals surface area (Å²) in [7, 11) is -3.27. The summed E-state index contributed by atoms with van der Waals surface area (Å²) in [6.45, 7) is -0.175. The summed E-state index contributed by atoms with van der Waals surface area (Å²) in [6, 6.07) is 8.71. The zero-order valence-corrected chi connectivity index (χ0v) is 16.3. The van der Waals surface area contributed by atoms with E-state index in [2.05, 4.69) is 0 Å². The van der Waals surface area contributed by atoms with E-state index < -0.39 is 42.7 Å². The maximum Gasteiger partial charge on any atom is 0.515 e. The van der Waals surface area contributed by atoms with Gasteiger partial charge >= 0.3 is 20.1 Å². The Labute approximate surface area is 168 Å². The summed E-state index contributed by atoms with van der Waals surface area (Å²) in [5.41, 5.74) is -2.16. The van der Waals surface area contributed by atoms with Gasteiger partial charge in [0.1, 0.15) is 11.5 Å². The lowest BCUT2D eigenvalue weighted by Gasteiger charge is -2.27. The predicted octanol–water partition coefficient (Wildman–Crippen LogP) is 6.14. The van der Waals surface area contributed by atoms with Gasteiger partial charge in [0.05, 0.1) is 17.2 Å². The summed E-state index contributed by atoms with van der Waals surface area (Å²) >= 11 is 0. The quantitative estimate of drug-likeness (QED) is 0.373. The molecule has 0 unspecified atom stereocenters. The van der Waals surface area contributed by atoms with Crippen molar-refractivity contribution in [1.29, 1.82) is 5.26 Å². The van der Waals surface area contributed by atoms with Crippen LogP contribution in [0.4, 0.5) is 26.3 Å². The van der Waals surface area contributed by atoms with Gasteiger partial charge in [-0.05, 0) is 43.4 Å². The highest BCUT2D eigenvalue weighted by Gasteiger charge is 2.37. The van der Waals surface area contributed by atoms with Crippen molar-refractivity contribution in [3.63, 3.8) is 0 Å². The Morgan fingerprint density at radius 3 is 1.73 bits per heavy atom. The zero-order valence-electron chi connectivity index (χ0n) is 15.4. The normalized spacial score (nSPS) is 12.5. The van der Waals surface area contributed by atoms with Crippen molar-refractivity contribution in [2.75, 3.05) is 13.6 Å². The molecule has 0 aromatic heterocycles. The van der Waals surface area contributed by atoms with E-state index in [1.54, 1.807) is 6.07 Å². The van der Waals surface area contributed by atoms with Gasteiger partial charge < -0.3 is 9.05 Å². The Balaban J connectivity index is 2.40. The maximum absolute atomic E-state index is 13.3. The van der Waals surface area contributed by atoms with Crippen LogP contribution in [0.5, 0.6) is 11.5 Å². The van der Waals surface area contributed by atoms with Crippen molar-refractivity contribution in [2.24, 2.45) is 0 Å². The molecule has 0 atom stereocenters. The highest BCUT2D eigenvalue weighted by molar-refractivity contribution is 7.52. The number of alkyl halides is 6. The van der Waals surface area contributed by atoms with Crippen molar-refractivity contribution >= 4 is 7.75 Å². The Morgan fingerprint density at radius 1 is 0.933 bits per heavy atom. The Morgan fingerprint density at radius 2 is 1.37 bits per heavy atom. The molecule has 0 aliphatic heterocycles. The van der Waals surface area contributed by atoms with Crippen molar-refractivity contribution in [3.05, 3.63) is 59.7 Å². The van der Waals surface area contributed by atoms with E-state index in [-0.39, 0.29) is 13.0 Å². The molecule has 12 heteroatoms. The smallest absolute Gasteiger partial charge is 0.404 e. The van der Waals surface area contributed by atoms with Crippen LogP contribution in [0.2, 0.25) is 0 Å². The van der Waals surface area contributed by atoms with Crippen LogP contribution in [-0.4, -0.2) is 18.3 Å². The molecule has 5 nitrogen and oxygen atoms in total. The van der Waals surface area contributed by atoms with Crippen molar-refractivity contribution in [1.82, 2.24) is 4.67 Å². The monoisotopic (exact) mass is 452 g/mol. The molecule has 2 aromatic rings. The highest BCUT2D eigenvalue weighted by Crippen LogP contribution is 2.52. The van der Waals surface area contributed by atoms with Crippen molar-refractivity contribution in [2.45, 2.75) is 18.8 Å². The molecule has 0 bridgehead atoms. The van der Waals surface area contributed by atoms with E-state index in [4.69, 9.17) is 14.3 Å². The van der Waals surface area contributed by atoms with E-state index in [0.717, 1.165) is 41.1 Å². The number of nitriles is 1. The molecule has 0 radical (unpaired) electrons. The van der Waals surface area contributed by atoms with Crippen LogP contribution >= 0.6 is 7.75 Å². The molecule has 0 saturated heterocycles. The fourth-order valence-corrected chi connectivity index (χ4v) is 3.64. The fourth-order valence-electron chi connectivity index (χ4n) is 2.22. The van der Waals surface area contributed by atoms with E-state index in [0.29, 0.717) is 12.1 Å². The summed E-state index contributed by atoms with van der Waals surface area (Å²) < 4.78 is 102. The van der Waals surface area contributed by atoms with Crippen LogP contribution in [0.1, 0.15) is 17.5 Å². The number of benzene rings is 2. The molecule has 0 aliphatic carbocycles. The van der Waals surface area contributed by atoms with Crippen LogP contribution in [0.3, 0.4) is 0 Å². The molecule has 0 N–H and O–H groups in total. The molecule has 0 heterocycles. The second-order valence-corrected chi connectivity index (χ2v) is 7.98. The zero-order chi connectivity index (χ0) is 22.6. The lowest BCUT2D eigenvalue weighted by atomic mass is 10.2. The van der Waals surface area contributed by atoms with Gasteiger partial charge in [-0.3, -0.25) is 0 Å². The molecule has 0 aliphatic rings. The Bertz CT molecular complexity index is 908. The predicted molar refractivity (Wildman–Crippen MR) is 94.6 cm³/mol. The minimum Gasteiger partial charge on any atom is -0.404 e. The largest absolute Gasteiger partial charge is 0.515 e. The molecule has 30 heavy (non-hydrogen) atoms. The van der Waals surface area contributed by atoms with Crippen LogP contribution in [0.15, 0.2) is 48.5 Å². The summed E-state index contributed by atoms with van der Waals surface area (Å²) in [6.07, 6.45) is -9.53. The van der Waals surface area contributed by atoms with E-state index in [1.807, 2.05) is 0 Å². The van der Waals surface area contributed by atoms with Gasteiger partial charge in [0.2, 0.25) is 0 Å². The first-order valence-corrected chi connectivity index (χ1v) is 9.77. The van der Waals surface area contributed by atoms with E-state index >= 15 is 0 Å². The van der Waals surface area contributed by atoms with E-state index in [1.165, 1.54) is 7.05 Å². The van der Waals surface area contributed by atoms with Gasteiger partial charge in [-0.1, -0.05) is 12.1 Å². The summed E-state index contributed by atoms with van der Waals surface area (Å²) in [4.78, 5) is 0. The van der Waals surface area contributed by atoms with Gasteiger partial charge in [-0.15, -0.1) is 0 Å². The first kappa shape index (κ1) is 23.6. The molecule has 2 aromatic carbocycles.